The monoisotopic (exact) mass is 214 g/mol. The molecular formula is C10H15Br. The summed E-state index contributed by atoms with van der Waals surface area (Å²) in [6.07, 6.45) is 6.11. The summed E-state index contributed by atoms with van der Waals surface area (Å²) in [6, 6.07) is 0. The van der Waals surface area contributed by atoms with E-state index in [0.29, 0.717) is 0 Å². The third-order valence-corrected chi connectivity index (χ3v) is 3.09. The van der Waals surface area contributed by atoms with Crippen molar-refractivity contribution in [3.63, 3.8) is 0 Å². The van der Waals surface area contributed by atoms with Crippen LogP contribution in [0.15, 0.2) is 23.8 Å². The molecule has 0 saturated carbocycles. The topological polar surface area (TPSA) is 0 Å². The van der Waals surface area contributed by atoms with Gasteiger partial charge in [0.05, 0.1) is 0 Å². The Labute approximate surface area is 77.5 Å². The van der Waals surface area contributed by atoms with Gasteiger partial charge in [-0.05, 0) is 32.1 Å². The van der Waals surface area contributed by atoms with Gasteiger partial charge in [-0.1, -0.05) is 39.7 Å². The van der Waals surface area contributed by atoms with Gasteiger partial charge in [-0.2, -0.15) is 0 Å². The lowest BCUT2D eigenvalue weighted by Gasteiger charge is -2.20. The summed E-state index contributed by atoms with van der Waals surface area (Å²) in [5, 5.41) is 1.05. The highest BCUT2D eigenvalue weighted by molar-refractivity contribution is 9.09. The van der Waals surface area contributed by atoms with E-state index in [1.165, 1.54) is 24.8 Å². The molecule has 0 aromatic carbocycles. The van der Waals surface area contributed by atoms with Crippen molar-refractivity contribution in [1.82, 2.24) is 0 Å². The van der Waals surface area contributed by atoms with Gasteiger partial charge in [-0.3, -0.25) is 0 Å². The van der Waals surface area contributed by atoms with Gasteiger partial charge in [0.1, 0.15) is 0 Å². The SMILES string of the molecule is C=C(C)C1CC=C(CBr)CC1. The maximum atomic E-state index is 3.99. The number of allylic oxidation sites excluding steroid dienone is 3. The number of halogens is 1. The van der Waals surface area contributed by atoms with Crippen LogP contribution in [-0.4, -0.2) is 5.33 Å². The second kappa shape index (κ2) is 4.10. The highest BCUT2D eigenvalue weighted by Gasteiger charge is 2.13. The number of alkyl halides is 1. The molecule has 1 atom stereocenters. The summed E-state index contributed by atoms with van der Waals surface area (Å²) in [6.45, 7) is 6.13. The highest BCUT2D eigenvalue weighted by Crippen LogP contribution is 2.28. The van der Waals surface area contributed by atoms with Crippen LogP contribution in [-0.2, 0) is 0 Å². The minimum absolute atomic E-state index is 0.748. The first-order valence-electron chi connectivity index (χ1n) is 4.13. The molecule has 0 aromatic heterocycles. The minimum Gasteiger partial charge on any atom is -0.0998 e. The van der Waals surface area contributed by atoms with Gasteiger partial charge < -0.3 is 0 Å². The fourth-order valence-corrected chi connectivity index (χ4v) is 1.97. The van der Waals surface area contributed by atoms with Crippen LogP contribution in [0.4, 0.5) is 0 Å². The van der Waals surface area contributed by atoms with Crippen LogP contribution >= 0.6 is 15.9 Å². The van der Waals surface area contributed by atoms with Gasteiger partial charge in [0.2, 0.25) is 0 Å². The third-order valence-electron chi connectivity index (χ3n) is 2.37. The molecule has 0 spiro atoms. The first-order valence-corrected chi connectivity index (χ1v) is 5.25. The molecule has 0 fully saturated rings. The molecule has 0 nitrogen and oxygen atoms in total. The van der Waals surface area contributed by atoms with Crippen LogP contribution in [0.5, 0.6) is 0 Å². The fourth-order valence-electron chi connectivity index (χ4n) is 1.46. The molecule has 0 heterocycles. The van der Waals surface area contributed by atoms with Gasteiger partial charge in [-0.25, -0.2) is 0 Å². The van der Waals surface area contributed by atoms with Gasteiger partial charge in [0.15, 0.2) is 0 Å². The molecule has 0 radical (unpaired) electrons. The smallest absolute Gasteiger partial charge is 0.0241 e. The van der Waals surface area contributed by atoms with Crippen molar-refractivity contribution in [1.29, 1.82) is 0 Å². The third kappa shape index (κ3) is 2.48. The van der Waals surface area contributed by atoms with E-state index < -0.39 is 0 Å². The molecule has 1 aliphatic carbocycles. The fraction of sp³-hybridized carbons (Fsp3) is 0.600. The molecule has 1 rings (SSSR count). The molecule has 62 valence electrons. The summed E-state index contributed by atoms with van der Waals surface area (Å²) in [5.74, 6) is 0.748. The van der Waals surface area contributed by atoms with E-state index in [2.05, 4.69) is 35.5 Å². The standard InChI is InChI=1S/C10H15Br/c1-8(2)10-5-3-9(7-11)4-6-10/h3,10H,1,4-7H2,2H3. The molecule has 0 bridgehead atoms. The van der Waals surface area contributed by atoms with Crippen molar-refractivity contribution >= 4 is 15.9 Å². The van der Waals surface area contributed by atoms with Crippen LogP contribution in [0.3, 0.4) is 0 Å². The Kier molecular flexibility index (Phi) is 3.38. The van der Waals surface area contributed by atoms with Crippen LogP contribution in [0.1, 0.15) is 26.2 Å². The predicted molar refractivity (Wildman–Crippen MR) is 54.0 cm³/mol. The van der Waals surface area contributed by atoms with Crippen molar-refractivity contribution in [2.45, 2.75) is 26.2 Å². The Morgan fingerprint density at radius 1 is 1.82 bits per heavy atom. The summed E-state index contributed by atoms with van der Waals surface area (Å²) in [5.41, 5.74) is 2.90. The van der Waals surface area contributed by atoms with Crippen molar-refractivity contribution in [3.05, 3.63) is 23.8 Å². The number of hydrogen-bond acceptors (Lipinski definition) is 0. The second-order valence-electron chi connectivity index (χ2n) is 3.31. The zero-order valence-electron chi connectivity index (χ0n) is 7.07. The minimum atomic E-state index is 0.748. The highest BCUT2D eigenvalue weighted by atomic mass is 79.9. The molecule has 0 amide bonds. The summed E-state index contributed by atoms with van der Waals surface area (Å²) in [7, 11) is 0. The van der Waals surface area contributed by atoms with E-state index >= 15 is 0 Å². The number of rotatable bonds is 2. The maximum absolute atomic E-state index is 3.99. The molecule has 0 aromatic rings. The summed E-state index contributed by atoms with van der Waals surface area (Å²) < 4.78 is 0. The van der Waals surface area contributed by atoms with E-state index in [0.717, 1.165) is 11.2 Å². The van der Waals surface area contributed by atoms with Crippen LogP contribution in [0.2, 0.25) is 0 Å². The first-order chi connectivity index (χ1) is 5.24. The summed E-state index contributed by atoms with van der Waals surface area (Å²) in [4.78, 5) is 0. The summed E-state index contributed by atoms with van der Waals surface area (Å²) >= 11 is 3.48. The normalized spacial score (nSPS) is 24.5. The van der Waals surface area contributed by atoms with Crippen molar-refractivity contribution < 1.29 is 0 Å². The average molecular weight is 215 g/mol. The predicted octanol–water partition coefficient (Wildman–Crippen LogP) is 3.68. The van der Waals surface area contributed by atoms with Gasteiger partial charge in [0, 0.05) is 5.33 Å². The maximum Gasteiger partial charge on any atom is 0.0241 e. The molecule has 0 aliphatic heterocycles. The first kappa shape index (κ1) is 9.05. The molecule has 0 N–H and O–H groups in total. The zero-order valence-corrected chi connectivity index (χ0v) is 8.65. The van der Waals surface area contributed by atoms with Crippen LogP contribution in [0.25, 0.3) is 0 Å². The lowest BCUT2D eigenvalue weighted by Crippen LogP contribution is -2.06. The molecule has 1 aliphatic rings. The molecule has 0 saturated heterocycles. The van der Waals surface area contributed by atoms with E-state index in [1.54, 1.807) is 5.57 Å². The van der Waals surface area contributed by atoms with Crippen molar-refractivity contribution in [2.75, 3.05) is 5.33 Å². The van der Waals surface area contributed by atoms with Gasteiger partial charge in [0.25, 0.3) is 0 Å². The molecule has 11 heavy (non-hydrogen) atoms. The lowest BCUT2D eigenvalue weighted by atomic mass is 9.86. The molecular weight excluding hydrogens is 200 g/mol. The van der Waals surface area contributed by atoms with E-state index in [-0.39, 0.29) is 0 Å². The quantitative estimate of drug-likeness (QED) is 0.486. The van der Waals surface area contributed by atoms with Crippen molar-refractivity contribution in [3.8, 4) is 0 Å². The average Bonchev–Trinajstić information content (AvgIpc) is 2.05. The van der Waals surface area contributed by atoms with Crippen molar-refractivity contribution in [2.24, 2.45) is 5.92 Å². The Hall–Kier alpha value is -0.0400. The Morgan fingerprint density at radius 3 is 2.91 bits per heavy atom. The molecule has 1 unspecified atom stereocenters. The van der Waals surface area contributed by atoms with Crippen LogP contribution in [0, 0.1) is 5.92 Å². The van der Waals surface area contributed by atoms with Gasteiger partial charge in [-0.15, -0.1) is 0 Å². The van der Waals surface area contributed by atoms with Crippen LogP contribution < -0.4 is 0 Å². The van der Waals surface area contributed by atoms with E-state index in [1.807, 2.05) is 0 Å². The lowest BCUT2D eigenvalue weighted by molar-refractivity contribution is 0.541. The Morgan fingerprint density at radius 2 is 2.55 bits per heavy atom. The largest absolute Gasteiger partial charge is 0.0998 e. The van der Waals surface area contributed by atoms with E-state index in [4.69, 9.17) is 0 Å². The Bertz CT molecular complexity index is 179. The number of hydrogen-bond donors (Lipinski definition) is 0. The Balaban J connectivity index is 2.47. The van der Waals surface area contributed by atoms with Gasteiger partial charge >= 0.3 is 0 Å². The van der Waals surface area contributed by atoms with E-state index in [9.17, 15) is 0 Å². The second-order valence-corrected chi connectivity index (χ2v) is 3.87. The molecule has 1 heteroatoms. The zero-order chi connectivity index (χ0) is 8.27.